The number of rotatable bonds is 9. The fraction of sp³-hybridized carbons (Fsp3) is 0.250. The summed E-state index contributed by atoms with van der Waals surface area (Å²) < 4.78 is 25.3. The van der Waals surface area contributed by atoms with Crippen LogP contribution in [0.15, 0.2) is 54.6 Å². The highest BCUT2D eigenvalue weighted by Gasteiger charge is 2.15. The SMILES string of the molecule is C=CCc1cc(/C=C(/C#N)C(=O)NC(C)C)cc(OC)c1OCc1ccccc1F. The number of nitrogens with zero attached hydrogens (tertiary/aromatic N) is 1. The van der Waals surface area contributed by atoms with Gasteiger partial charge in [-0.15, -0.1) is 6.58 Å². The summed E-state index contributed by atoms with van der Waals surface area (Å²) in [5.41, 5.74) is 1.76. The van der Waals surface area contributed by atoms with Crippen LogP contribution < -0.4 is 14.8 Å². The van der Waals surface area contributed by atoms with Crippen molar-refractivity contribution in [1.82, 2.24) is 5.32 Å². The Hall–Kier alpha value is -3.59. The van der Waals surface area contributed by atoms with Gasteiger partial charge in [-0.25, -0.2) is 4.39 Å². The molecule has 0 radical (unpaired) electrons. The molecule has 5 nitrogen and oxygen atoms in total. The van der Waals surface area contributed by atoms with Gasteiger partial charge < -0.3 is 14.8 Å². The van der Waals surface area contributed by atoms with Crippen molar-refractivity contribution < 1.29 is 18.7 Å². The van der Waals surface area contributed by atoms with Crippen LogP contribution in [0.5, 0.6) is 11.5 Å². The van der Waals surface area contributed by atoms with Gasteiger partial charge >= 0.3 is 0 Å². The Bertz CT molecular complexity index is 990. The smallest absolute Gasteiger partial charge is 0.262 e. The highest BCUT2D eigenvalue weighted by molar-refractivity contribution is 6.01. The standard InChI is InChI=1S/C24H25FN2O3/c1-5-8-18-11-17(12-20(14-26)24(28)27-16(2)3)13-22(29-4)23(18)30-15-19-9-6-7-10-21(19)25/h5-7,9-13,16H,1,8,15H2,2-4H3,(H,27,28)/b20-12-. The van der Waals surface area contributed by atoms with E-state index in [0.717, 1.165) is 5.56 Å². The fourth-order valence-electron chi connectivity index (χ4n) is 2.81. The average molecular weight is 408 g/mol. The average Bonchev–Trinajstić information content (AvgIpc) is 2.71. The second-order valence-electron chi connectivity index (χ2n) is 6.88. The Morgan fingerprint density at radius 1 is 1.30 bits per heavy atom. The summed E-state index contributed by atoms with van der Waals surface area (Å²) in [4.78, 5) is 12.2. The van der Waals surface area contributed by atoms with Crippen LogP contribution in [0.25, 0.3) is 6.08 Å². The number of allylic oxidation sites excluding steroid dienone is 1. The largest absolute Gasteiger partial charge is 0.493 e. The molecule has 0 spiro atoms. The van der Waals surface area contributed by atoms with E-state index in [1.165, 1.54) is 19.3 Å². The van der Waals surface area contributed by atoms with Crippen LogP contribution in [0.1, 0.15) is 30.5 Å². The van der Waals surface area contributed by atoms with Gasteiger partial charge in [-0.3, -0.25) is 4.79 Å². The van der Waals surface area contributed by atoms with Gasteiger partial charge in [0.25, 0.3) is 5.91 Å². The van der Waals surface area contributed by atoms with Gasteiger partial charge in [0.2, 0.25) is 0 Å². The normalized spacial score (nSPS) is 11.0. The van der Waals surface area contributed by atoms with Gasteiger partial charge in [0.05, 0.1) is 7.11 Å². The van der Waals surface area contributed by atoms with Crippen LogP contribution in [0.4, 0.5) is 4.39 Å². The molecule has 2 rings (SSSR count). The minimum absolute atomic E-state index is 0.0182. The molecule has 156 valence electrons. The predicted molar refractivity (Wildman–Crippen MR) is 114 cm³/mol. The third-order valence-electron chi connectivity index (χ3n) is 4.16. The minimum Gasteiger partial charge on any atom is -0.493 e. The molecule has 2 aromatic carbocycles. The molecule has 30 heavy (non-hydrogen) atoms. The van der Waals surface area contributed by atoms with Crippen molar-refractivity contribution in [3.63, 3.8) is 0 Å². The molecular weight excluding hydrogens is 383 g/mol. The molecule has 0 atom stereocenters. The van der Waals surface area contributed by atoms with E-state index < -0.39 is 5.91 Å². The van der Waals surface area contributed by atoms with Crippen LogP contribution in [0.2, 0.25) is 0 Å². The van der Waals surface area contributed by atoms with Crippen molar-refractivity contribution in [3.05, 3.63) is 77.1 Å². The number of nitrogens with one attached hydrogen (secondary N) is 1. The van der Waals surface area contributed by atoms with E-state index >= 15 is 0 Å². The number of methoxy groups -OCH3 is 1. The van der Waals surface area contributed by atoms with E-state index in [2.05, 4.69) is 11.9 Å². The van der Waals surface area contributed by atoms with Crippen molar-refractivity contribution in [3.8, 4) is 17.6 Å². The van der Waals surface area contributed by atoms with E-state index in [4.69, 9.17) is 9.47 Å². The van der Waals surface area contributed by atoms with Crippen molar-refractivity contribution in [2.75, 3.05) is 7.11 Å². The number of ether oxygens (including phenoxy) is 2. The Morgan fingerprint density at radius 3 is 2.63 bits per heavy atom. The zero-order chi connectivity index (χ0) is 22.1. The molecule has 0 saturated heterocycles. The topological polar surface area (TPSA) is 71.4 Å². The molecule has 1 N–H and O–H groups in total. The van der Waals surface area contributed by atoms with Crippen molar-refractivity contribution >= 4 is 12.0 Å². The number of benzene rings is 2. The molecule has 0 aliphatic rings. The number of hydrogen-bond donors (Lipinski definition) is 1. The van der Waals surface area contributed by atoms with Crippen LogP contribution in [-0.2, 0) is 17.8 Å². The van der Waals surface area contributed by atoms with Gasteiger partial charge in [0.1, 0.15) is 24.1 Å². The number of amides is 1. The van der Waals surface area contributed by atoms with Crippen molar-refractivity contribution in [1.29, 1.82) is 5.26 Å². The summed E-state index contributed by atoms with van der Waals surface area (Å²) in [5, 5.41) is 12.1. The molecule has 0 heterocycles. The summed E-state index contributed by atoms with van der Waals surface area (Å²) in [6.45, 7) is 7.43. The maximum atomic E-state index is 13.9. The van der Waals surface area contributed by atoms with Crippen LogP contribution in [0, 0.1) is 17.1 Å². The molecule has 2 aromatic rings. The third kappa shape index (κ3) is 5.95. The summed E-state index contributed by atoms with van der Waals surface area (Å²) in [7, 11) is 1.49. The molecule has 0 unspecified atom stereocenters. The third-order valence-corrected chi connectivity index (χ3v) is 4.16. The molecule has 0 aromatic heterocycles. The lowest BCUT2D eigenvalue weighted by molar-refractivity contribution is -0.117. The maximum absolute atomic E-state index is 13.9. The molecule has 0 aliphatic heterocycles. The molecule has 0 aliphatic carbocycles. The van der Waals surface area contributed by atoms with E-state index in [9.17, 15) is 14.4 Å². The van der Waals surface area contributed by atoms with E-state index in [0.29, 0.717) is 29.0 Å². The predicted octanol–water partition coefficient (Wildman–Crippen LogP) is 4.57. The maximum Gasteiger partial charge on any atom is 0.262 e. The first-order valence-corrected chi connectivity index (χ1v) is 9.50. The zero-order valence-corrected chi connectivity index (χ0v) is 17.4. The molecular formula is C24H25FN2O3. The first-order valence-electron chi connectivity index (χ1n) is 9.50. The quantitative estimate of drug-likeness (QED) is 0.375. The molecule has 0 saturated carbocycles. The van der Waals surface area contributed by atoms with E-state index in [1.807, 2.05) is 19.9 Å². The number of halogens is 1. The summed E-state index contributed by atoms with van der Waals surface area (Å²) in [6.07, 6.45) is 3.66. The highest BCUT2D eigenvalue weighted by atomic mass is 19.1. The van der Waals surface area contributed by atoms with Crippen LogP contribution in [0.3, 0.4) is 0 Å². The second kappa shape index (κ2) is 10.8. The van der Waals surface area contributed by atoms with Gasteiger partial charge in [0.15, 0.2) is 11.5 Å². The molecule has 0 fully saturated rings. The minimum atomic E-state index is -0.448. The van der Waals surface area contributed by atoms with Crippen LogP contribution in [-0.4, -0.2) is 19.1 Å². The second-order valence-corrected chi connectivity index (χ2v) is 6.88. The Morgan fingerprint density at radius 2 is 2.03 bits per heavy atom. The lowest BCUT2D eigenvalue weighted by Gasteiger charge is -2.16. The summed E-state index contributed by atoms with van der Waals surface area (Å²) in [5.74, 6) is 0.0779. The monoisotopic (exact) mass is 408 g/mol. The Balaban J connectivity index is 2.41. The summed E-state index contributed by atoms with van der Waals surface area (Å²) in [6, 6.07) is 11.7. The number of carbonyl (C=O) groups is 1. The fourth-order valence-corrected chi connectivity index (χ4v) is 2.81. The number of nitriles is 1. The first-order chi connectivity index (χ1) is 14.4. The molecule has 0 bridgehead atoms. The molecule has 1 amide bonds. The van der Waals surface area contributed by atoms with E-state index in [1.54, 1.807) is 36.4 Å². The molecule has 6 heteroatoms. The van der Waals surface area contributed by atoms with Crippen molar-refractivity contribution in [2.45, 2.75) is 32.9 Å². The first kappa shape index (κ1) is 22.7. The Labute approximate surface area is 176 Å². The zero-order valence-electron chi connectivity index (χ0n) is 17.4. The van der Waals surface area contributed by atoms with E-state index in [-0.39, 0.29) is 24.0 Å². The van der Waals surface area contributed by atoms with Gasteiger partial charge in [-0.05, 0) is 50.1 Å². The Kier molecular flexibility index (Phi) is 8.18. The van der Waals surface area contributed by atoms with Gasteiger partial charge in [-0.2, -0.15) is 5.26 Å². The number of carbonyl (C=O) groups excluding carboxylic acids is 1. The van der Waals surface area contributed by atoms with Crippen LogP contribution >= 0.6 is 0 Å². The van der Waals surface area contributed by atoms with Crippen molar-refractivity contribution in [2.24, 2.45) is 0 Å². The lowest BCUT2D eigenvalue weighted by Crippen LogP contribution is -2.30. The van der Waals surface area contributed by atoms with Gasteiger partial charge in [-0.1, -0.05) is 24.3 Å². The van der Waals surface area contributed by atoms with Gasteiger partial charge in [0, 0.05) is 17.2 Å². The number of hydrogen-bond acceptors (Lipinski definition) is 4. The summed E-state index contributed by atoms with van der Waals surface area (Å²) >= 11 is 0. The lowest BCUT2D eigenvalue weighted by atomic mass is 10.0. The highest BCUT2D eigenvalue weighted by Crippen LogP contribution is 2.35.